The van der Waals surface area contributed by atoms with Crippen LogP contribution in [0.1, 0.15) is 26.7 Å². The molecule has 0 saturated carbocycles. The molecule has 0 spiro atoms. The molecule has 18 heavy (non-hydrogen) atoms. The molecule has 1 aliphatic rings. The lowest BCUT2D eigenvalue weighted by Gasteiger charge is -2.31. The molecule has 1 unspecified atom stereocenters. The van der Waals surface area contributed by atoms with E-state index < -0.39 is 11.6 Å². The molecule has 96 valence electrons. The smallest absolute Gasteiger partial charge is 0.149 e. The lowest BCUT2D eigenvalue weighted by Crippen LogP contribution is -2.31. The number of rotatable bonds is 3. The minimum Gasteiger partial charge on any atom is -0.338 e. The summed E-state index contributed by atoms with van der Waals surface area (Å²) in [7, 11) is 0. The molecule has 1 aromatic rings. The second-order valence-electron chi connectivity index (χ2n) is 4.40. The van der Waals surface area contributed by atoms with Crippen LogP contribution in [0.2, 0.25) is 0 Å². The van der Waals surface area contributed by atoms with Crippen molar-refractivity contribution in [2.45, 2.75) is 32.7 Å². The van der Waals surface area contributed by atoms with Crippen molar-refractivity contribution >= 4 is 5.69 Å². The number of hydrogen-bond acceptors (Lipinski definition) is 1. The van der Waals surface area contributed by atoms with Crippen LogP contribution >= 0.6 is 0 Å². The van der Waals surface area contributed by atoms with Crippen molar-refractivity contribution in [1.29, 1.82) is 0 Å². The van der Waals surface area contributed by atoms with Gasteiger partial charge in [0, 0.05) is 12.3 Å². The number of hydrogen-bond donors (Lipinski definition) is 0. The van der Waals surface area contributed by atoms with Crippen molar-refractivity contribution < 1.29 is 8.78 Å². The van der Waals surface area contributed by atoms with Crippen molar-refractivity contribution in [3.8, 4) is 0 Å². The molecule has 0 aromatic heterocycles. The zero-order valence-electron chi connectivity index (χ0n) is 10.7. The van der Waals surface area contributed by atoms with Crippen LogP contribution in [0.15, 0.2) is 42.1 Å². The second-order valence-corrected chi connectivity index (χ2v) is 4.40. The van der Waals surface area contributed by atoms with Gasteiger partial charge in [0.15, 0.2) is 0 Å². The van der Waals surface area contributed by atoms with E-state index in [-0.39, 0.29) is 6.04 Å². The first-order chi connectivity index (χ1) is 8.65. The normalized spacial score (nSPS) is 19.0. The van der Waals surface area contributed by atoms with Crippen LogP contribution in [0.4, 0.5) is 14.5 Å². The summed E-state index contributed by atoms with van der Waals surface area (Å²) in [5.74, 6) is -1.06. The van der Waals surface area contributed by atoms with Crippen molar-refractivity contribution in [2.75, 3.05) is 4.90 Å². The molecule has 0 aliphatic carbocycles. The van der Waals surface area contributed by atoms with Crippen LogP contribution in [0, 0.1) is 11.6 Å². The van der Waals surface area contributed by atoms with Gasteiger partial charge >= 0.3 is 0 Å². The van der Waals surface area contributed by atoms with E-state index in [2.05, 4.69) is 19.1 Å². The summed E-state index contributed by atoms with van der Waals surface area (Å²) >= 11 is 0. The van der Waals surface area contributed by atoms with Crippen LogP contribution in [0.3, 0.4) is 0 Å². The van der Waals surface area contributed by atoms with Gasteiger partial charge in [0.2, 0.25) is 0 Å². The lowest BCUT2D eigenvalue weighted by atomic mass is 10.0. The summed E-state index contributed by atoms with van der Waals surface area (Å²) in [6, 6.07) is 3.85. The third kappa shape index (κ3) is 2.45. The van der Waals surface area contributed by atoms with Gasteiger partial charge in [-0.1, -0.05) is 26.0 Å². The van der Waals surface area contributed by atoms with Gasteiger partial charge in [-0.05, 0) is 30.5 Å². The monoisotopic (exact) mass is 249 g/mol. The Hall–Kier alpha value is -1.64. The van der Waals surface area contributed by atoms with Gasteiger partial charge in [0.25, 0.3) is 0 Å². The summed E-state index contributed by atoms with van der Waals surface area (Å²) < 4.78 is 26.8. The van der Waals surface area contributed by atoms with E-state index in [1.807, 2.05) is 18.0 Å². The van der Waals surface area contributed by atoms with Crippen LogP contribution < -0.4 is 4.90 Å². The maximum Gasteiger partial charge on any atom is 0.149 e. The lowest BCUT2D eigenvalue weighted by molar-refractivity contribution is 0.577. The van der Waals surface area contributed by atoms with Crippen LogP contribution in [0.5, 0.6) is 0 Å². The zero-order valence-corrected chi connectivity index (χ0v) is 10.7. The van der Waals surface area contributed by atoms with E-state index in [0.29, 0.717) is 5.69 Å². The average Bonchev–Trinajstić information content (AvgIpc) is 2.38. The van der Waals surface area contributed by atoms with Crippen LogP contribution in [-0.2, 0) is 0 Å². The minimum atomic E-state index is -0.545. The predicted molar refractivity (Wildman–Crippen MR) is 70.4 cm³/mol. The summed E-state index contributed by atoms with van der Waals surface area (Å²) in [6.45, 7) is 4.11. The van der Waals surface area contributed by atoms with Crippen molar-refractivity contribution in [3.63, 3.8) is 0 Å². The van der Waals surface area contributed by atoms with E-state index in [0.717, 1.165) is 24.5 Å². The first-order valence-corrected chi connectivity index (χ1v) is 6.28. The predicted octanol–water partition coefficient (Wildman–Crippen LogP) is 4.41. The summed E-state index contributed by atoms with van der Waals surface area (Å²) in [6.07, 6.45) is 7.87. The van der Waals surface area contributed by atoms with Gasteiger partial charge in [-0.25, -0.2) is 8.78 Å². The van der Waals surface area contributed by atoms with E-state index in [4.69, 9.17) is 0 Å². The largest absolute Gasteiger partial charge is 0.338 e. The standard InChI is InChI=1S/C15H17F2N/c1-3-11-5-7-13(4-2)18(10-11)15-8-6-12(16)9-14(15)17/h5-10,13H,3-4H2,1-2H3. The molecule has 1 atom stereocenters. The highest BCUT2D eigenvalue weighted by molar-refractivity contribution is 5.55. The molecule has 3 heteroatoms. The van der Waals surface area contributed by atoms with Crippen LogP contribution in [0.25, 0.3) is 0 Å². The molecule has 1 heterocycles. The topological polar surface area (TPSA) is 3.24 Å². The molecule has 1 aliphatic heterocycles. The van der Waals surface area contributed by atoms with Gasteiger partial charge in [-0.2, -0.15) is 0 Å². The Bertz CT molecular complexity index is 491. The van der Waals surface area contributed by atoms with Gasteiger partial charge in [-0.15, -0.1) is 0 Å². The quantitative estimate of drug-likeness (QED) is 0.766. The van der Waals surface area contributed by atoms with Crippen molar-refractivity contribution in [3.05, 3.63) is 53.8 Å². The Morgan fingerprint density at radius 3 is 2.61 bits per heavy atom. The molecule has 0 bridgehead atoms. The molecular weight excluding hydrogens is 232 g/mol. The molecular formula is C15H17F2N. The maximum atomic E-state index is 13.8. The van der Waals surface area contributed by atoms with Gasteiger partial charge in [0.1, 0.15) is 11.6 Å². The summed E-state index contributed by atoms with van der Waals surface area (Å²) in [5, 5.41) is 0. The van der Waals surface area contributed by atoms with Gasteiger partial charge in [0.05, 0.1) is 11.7 Å². The molecule has 0 N–H and O–H groups in total. The van der Waals surface area contributed by atoms with E-state index in [1.54, 1.807) is 0 Å². The Morgan fingerprint density at radius 1 is 1.22 bits per heavy atom. The molecule has 1 nitrogen and oxygen atoms in total. The van der Waals surface area contributed by atoms with Crippen molar-refractivity contribution in [1.82, 2.24) is 0 Å². The second kappa shape index (κ2) is 5.34. The fraction of sp³-hybridized carbons (Fsp3) is 0.333. The average molecular weight is 249 g/mol. The third-order valence-corrected chi connectivity index (χ3v) is 3.21. The van der Waals surface area contributed by atoms with E-state index in [1.165, 1.54) is 12.1 Å². The first kappa shape index (κ1) is 12.8. The highest BCUT2D eigenvalue weighted by atomic mass is 19.1. The summed E-state index contributed by atoms with van der Waals surface area (Å²) in [4.78, 5) is 1.88. The Balaban J connectivity index is 2.40. The fourth-order valence-electron chi connectivity index (χ4n) is 2.13. The van der Waals surface area contributed by atoms with E-state index in [9.17, 15) is 8.78 Å². The molecule has 0 saturated heterocycles. The molecule has 1 aromatic carbocycles. The van der Waals surface area contributed by atoms with Gasteiger partial charge in [-0.3, -0.25) is 0 Å². The Labute approximate surface area is 106 Å². The zero-order chi connectivity index (χ0) is 13.1. The SMILES string of the molecule is CCC1=CN(c2ccc(F)cc2F)C(CC)C=C1. The van der Waals surface area contributed by atoms with E-state index >= 15 is 0 Å². The summed E-state index contributed by atoms with van der Waals surface area (Å²) in [5.41, 5.74) is 1.57. The number of allylic oxidation sites excluding steroid dienone is 2. The maximum absolute atomic E-state index is 13.8. The third-order valence-electron chi connectivity index (χ3n) is 3.21. The number of benzene rings is 1. The number of halogens is 2. The molecule has 0 amide bonds. The number of anilines is 1. The molecule has 0 fully saturated rings. The Morgan fingerprint density at radius 2 is 2.00 bits per heavy atom. The Kier molecular flexibility index (Phi) is 3.80. The number of nitrogens with zero attached hydrogens (tertiary/aromatic N) is 1. The molecule has 2 rings (SSSR count). The van der Waals surface area contributed by atoms with Crippen LogP contribution in [-0.4, -0.2) is 6.04 Å². The van der Waals surface area contributed by atoms with Crippen molar-refractivity contribution in [2.24, 2.45) is 0 Å². The first-order valence-electron chi connectivity index (χ1n) is 6.28. The van der Waals surface area contributed by atoms with Gasteiger partial charge < -0.3 is 4.90 Å². The highest BCUT2D eigenvalue weighted by Gasteiger charge is 2.19. The minimum absolute atomic E-state index is 0.125. The fourth-order valence-corrected chi connectivity index (χ4v) is 2.13. The highest BCUT2D eigenvalue weighted by Crippen LogP contribution is 2.28. The molecule has 0 radical (unpaired) electrons.